The lowest BCUT2D eigenvalue weighted by Crippen LogP contribution is -2.42. The molecule has 17 heavy (non-hydrogen) atoms. The van der Waals surface area contributed by atoms with Gasteiger partial charge in [0.25, 0.3) is 11.1 Å². The first-order valence-electron chi connectivity index (χ1n) is 5.80. The van der Waals surface area contributed by atoms with Crippen LogP contribution in [0.25, 0.3) is 0 Å². The first-order valence-corrected chi connectivity index (χ1v) is 5.80. The smallest absolute Gasteiger partial charge is 0.268 e. The summed E-state index contributed by atoms with van der Waals surface area (Å²) < 4.78 is 1.26. The van der Waals surface area contributed by atoms with E-state index in [0.29, 0.717) is 11.1 Å². The summed E-state index contributed by atoms with van der Waals surface area (Å²) in [4.78, 5) is 24.3. The fourth-order valence-corrected chi connectivity index (χ4v) is 2.06. The standard InChI is InChI=1S/C13H22N2O2/c1-12(2,3)8-9(13(4,5)6)11(17)15(7)14-10(8)16/h1-7H3,(H,14,16). The lowest BCUT2D eigenvalue weighted by Gasteiger charge is -2.28. The predicted molar refractivity (Wildman–Crippen MR) is 69.7 cm³/mol. The molecule has 1 heterocycles. The number of nitrogens with zero attached hydrogens (tertiary/aromatic N) is 1. The molecule has 0 amide bonds. The quantitative estimate of drug-likeness (QED) is 0.747. The van der Waals surface area contributed by atoms with Gasteiger partial charge in [-0.1, -0.05) is 41.5 Å². The van der Waals surface area contributed by atoms with Gasteiger partial charge in [0.1, 0.15) is 0 Å². The van der Waals surface area contributed by atoms with Crippen LogP contribution < -0.4 is 11.1 Å². The molecule has 0 aliphatic rings. The van der Waals surface area contributed by atoms with E-state index in [-0.39, 0.29) is 21.9 Å². The Morgan fingerprint density at radius 2 is 1.29 bits per heavy atom. The number of aryl methyl sites for hydroxylation is 1. The molecule has 0 saturated heterocycles. The van der Waals surface area contributed by atoms with E-state index in [4.69, 9.17) is 0 Å². The van der Waals surface area contributed by atoms with Crippen molar-refractivity contribution in [2.45, 2.75) is 52.4 Å². The van der Waals surface area contributed by atoms with Gasteiger partial charge < -0.3 is 0 Å². The molecule has 0 atom stereocenters. The number of H-pyrrole nitrogens is 1. The summed E-state index contributed by atoms with van der Waals surface area (Å²) in [6.07, 6.45) is 0. The Balaban J connectivity index is 3.90. The van der Waals surface area contributed by atoms with Gasteiger partial charge in [0.05, 0.1) is 0 Å². The van der Waals surface area contributed by atoms with Crippen LogP contribution in [0.5, 0.6) is 0 Å². The lowest BCUT2D eigenvalue weighted by molar-refractivity contribution is 0.495. The van der Waals surface area contributed by atoms with Crippen LogP contribution in [0.4, 0.5) is 0 Å². The van der Waals surface area contributed by atoms with E-state index in [9.17, 15) is 9.59 Å². The van der Waals surface area contributed by atoms with Gasteiger partial charge in [-0.2, -0.15) is 0 Å². The van der Waals surface area contributed by atoms with Crippen molar-refractivity contribution in [2.24, 2.45) is 7.05 Å². The topological polar surface area (TPSA) is 54.9 Å². The summed E-state index contributed by atoms with van der Waals surface area (Å²) in [6, 6.07) is 0. The summed E-state index contributed by atoms with van der Waals surface area (Å²) >= 11 is 0. The number of hydrogen-bond donors (Lipinski definition) is 1. The van der Waals surface area contributed by atoms with Crippen LogP contribution in [0.3, 0.4) is 0 Å². The molecule has 0 spiro atoms. The first-order chi connectivity index (χ1) is 7.46. The molecule has 0 saturated carbocycles. The van der Waals surface area contributed by atoms with Gasteiger partial charge in [-0.15, -0.1) is 0 Å². The van der Waals surface area contributed by atoms with Crippen molar-refractivity contribution in [1.29, 1.82) is 0 Å². The highest BCUT2D eigenvalue weighted by molar-refractivity contribution is 5.33. The third-order valence-electron chi connectivity index (χ3n) is 2.76. The van der Waals surface area contributed by atoms with Gasteiger partial charge in [-0.05, 0) is 10.8 Å². The predicted octanol–water partition coefficient (Wildman–Crippen LogP) is 1.67. The highest BCUT2D eigenvalue weighted by Crippen LogP contribution is 2.28. The molecule has 0 bridgehead atoms. The van der Waals surface area contributed by atoms with Crippen LogP contribution in [-0.2, 0) is 17.9 Å². The molecule has 1 rings (SSSR count). The fourth-order valence-electron chi connectivity index (χ4n) is 2.06. The SMILES string of the molecule is Cn1[nH]c(=O)c(C(C)(C)C)c(C(C)(C)C)c1=O. The van der Waals surface area contributed by atoms with Crippen LogP contribution >= 0.6 is 0 Å². The van der Waals surface area contributed by atoms with Gasteiger partial charge in [0.2, 0.25) is 0 Å². The molecule has 4 heteroatoms. The van der Waals surface area contributed by atoms with Crippen molar-refractivity contribution >= 4 is 0 Å². The molecule has 0 radical (unpaired) electrons. The largest absolute Gasteiger partial charge is 0.268 e. The molecular weight excluding hydrogens is 216 g/mol. The minimum Gasteiger partial charge on any atom is -0.268 e. The van der Waals surface area contributed by atoms with Crippen LogP contribution in [0, 0.1) is 0 Å². The molecule has 0 aliphatic heterocycles. The van der Waals surface area contributed by atoms with Crippen molar-refractivity contribution in [3.8, 4) is 0 Å². The zero-order chi connectivity index (χ0) is 13.6. The minimum atomic E-state index is -0.344. The van der Waals surface area contributed by atoms with Crippen molar-refractivity contribution in [3.63, 3.8) is 0 Å². The van der Waals surface area contributed by atoms with Crippen LogP contribution in [-0.4, -0.2) is 9.78 Å². The molecule has 1 N–H and O–H groups in total. The van der Waals surface area contributed by atoms with Gasteiger partial charge in [-0.3, -0.25) is 19.4 Å². The molecule has 96 valence electrons. The molecule has 0 aliphatic carbocycles. The molecule has 0 unspecified atom stereocenters. The number of rotatable bonds is 0. The number of hydrogen-bond acceptors (Lipinski definition) is 2. The summed E-state index contributed by atoms with van der Waals surface area (Å²) in [5.74, 6) is 0. The Morgan fingerprint density at radius 3 is 1.65 bits per heavy atom. The van der Waals surface area contributed by atoms with Crippen LogP contribution in [0.1, 0.15) is 52.7 Å². The van der Waals surface area contributed by atoms with Crippen molar-refractivity contribution < 1.29 is 0 Å². The Morgan fingerprint density at radius 1 is 0.882 bits per heavy atom. The molecule has 0 fully saturated rings. The Hall–Kier alpha value is -1.32. The van der Waals surface area contributed by atoms with Gasteiger partial charge >= 0.3 is 0 Å². The van der Waals surface area contributed by atoms with Crippen LogP contribution in [0.15, 0.2) is 9.59 Å². The van der Waals surface area contributed by atoms with Crippen molar-refractivity contribution in [2.75, 3.05) is 0 Å². The number of aromatic nitrogens is 2. The summed E-state index contributed by atoms with van der Waals surface area (Å²) in [5.41, 5.74) is 0.214. The van der Waals surface area contributed by atoms with Crippen LogP contribution in [0.2, 0.25) is 0 Å². The molecule has 4 nitrogen and oxygen atoms in total. The Kier molecular flexibility index (Phi) is 3.12. The maximum absolute atomic E-state index is 12.2. The van der Waals surface area contributed by atoms with Gasteiger partial charge in [-0.25, -0.2) is 0 Å². The zero-order valence-corrected chi connectivity index (χ0v) is 11.8. The Labute approximate surface area is 102 Å². The number of nitrogens with one attached hydrogen (secondary N) is 1. The first kappa shape index (κ1) is 13.7. The molecular formula is C13H22N2O2. The average Bonchev–Trinajstić information content (AvgIpc) is 2.06. The van der Waals surface area contributed by atoms with E-state index in [0.717, 1.165) is 0 Å². The maximum Gasteiger partial charge on any atom is 0.268 e. The van der Waals surface area contributed by atoms with Gasteiger partial charge in [0.15, 0.2) is 0 Å². The van der Waals surface area contributed by atoms with E-state index < -0.39 is 0 Å². The van der Waals surface area contributed by atoms with E-state index in [2.05, 4.69) is 5.10 Å². The summed E-state index contributed by atoms with van der Waals surface area (Å²) in [6.45, 7) is 11.7. The third-order valence-corrected chi connectivity index (χ3v) is 2.76. The third kappa shape index (κ3) is 2.51. The second kappa shape index (κ2) is 3.86. The molecule has 0 aromatic carbocycles. The second-order valence-corrected chi connectivity index (χ2v) is 6.56. The van der Waals surface area contributed by atoms with Crippen molar-refractivity contribution in [1.82, 2.24) is 9.78 Å². The molecule has 1 aromatic heterocycles. The van der Waals surface area contributed by atoms with Gasteiger partial charge in [0, 0.05) is 18.2 Å². The highest BCUT2D eigenvalue weighted by Gasteiger charge is 2.31. The minimum absolute atomic E-state index is 0.123. The maximum atomic E-state index is 12.2. The summed E-state index contributed by atoms with van der Waals surface area (Å²) in [7, 11) is 1.57. The van der Waals surface area contributed by atoms with Crippen molar-refractivity contribution in [3.05, 3.63) is 31.8 Å². The highest BCUT2D eigenvalue weighted by atomic mass is 16.2. The average molecular weight is 238 g/mol. The molecule has 1 aromatic rings. The Bertz CT molecular complexity index is 536. The van der Waals surface area contributed by atoms with E-state index in [1.54, 1.807) is 7.05 Å². The zero-order valence-electron chi connectivity index (χ0n) is 11.8. The normalized spacial score (nSPS) is 12.9. The fraction of sp³-hybridized carbons (Fsp3) is 0.692. The summed E-state index contributed by atoms with van der Waals surface area (Å²) in [5, 5.41) is 2.57. The van der Waals surface area contributed by atoms with E-state index in [1.807, 2.05) is 41.5 Å². The van der Waals surface area contributed by atoms with E-state index in [1.165, 1.54) is 4.68 Å². The second-order valence-electron chi connectivity index (χ2n) is 6.56. The lowest BCUT2D eigenvalue weighted by atomic mass is 9.76. The monoisotopic (exact) mass is 238 g/mol. The van der Waals surface area contributed by atoms with E-state index >= 15 is 0 Å². The number of aromatic amines is 1.